The van der Waals surface area contributed by atoms with Gasteiger partial charge in [0.15, 0.2) is 0 Å². The molecule has 0 aliphatic carbocycles. The quantitative estimate of drug-likeness (QED) is 0.652. The van der Waals surface area contributed by atoms with Gasteiger partial charge in [-0.2, -0.15) is 0 Å². The fraction of sp³-hybridized carbons (Fsp3) is 0.846. The number of hydrogen-bond donors (Lipinski definition) is 0. The molecule has 0 spiro atoms. The van der Waals surface area contributed by atoms with Crippen LogP contribution in [0.4, 0.5) is 0 Å². The third-order valence-corrected chi connectivity index (χ3v) is 3.60. The molecule has 86 valence electrons. The Bertz CT molecular complexity index is 207. The highest BCUT2D eigenvalue weighted by molar-refractivity contribution is 4.90. The van der Waals surface area contributed by atoms with Gasteiger partial charge in [0.2, 0.25) is 0 Å². The van der Waals surface area contributed by atoms with Crippen molar-refractivity contribution in [3.8, 4) is 0 Å². The lowest BCUT2D eigenvalue weighted by Gasteiger charge is -2.13. The molecule has 2 nitrogen and oxygen atoms in total. The second kappa shape index (κ2) is 5.66. The van der Waals surface area contributed by atoms with Gasteiger partial charge in [-0.1, -0.05) is 19.1 Å². The smallest absolute Gasteiger partial charge is 0.0163 e. The molecule has 0 radical (unpaired) electrons. The Morgan fingerprint density at radius 3 is 2.27 bits per heavy atom. The van der Waals surface area contributed by atoms with Crippen molar-refractivity contribution in [2.45, 2.75) is 26.2 Å². The third kappa shape index (κ3) is 3.62. The average molecular weight is 208 g/mol. The lowest BCUT2D eigenvalue weighted by molar-refractivity contribution is 0.359. The third-order valence-electron chi connectivity index (χ3n) is 3.60. The van der Waals surface area contributed by atoms with Crippen molar-refractivity contribution >= 4 is 0 Å². The molecule has 0 saturated carbocycles. The summed E-state index contributed by atoms with van der Waals surface area (Å²) in [6, 6.07) is 0. The molecule has 0 N–H and O–H groups in total. The van der Waals surface area contributed by atoms with E-state index in [1.807, 2.05) is 0 Å². The minimum atomic E-state index is 0.914. The molecule has 2 saturated heterocycles. The number of likely N-dealkylation sites (tertiary alicyclic amines) is 2. The zero-order valence-electron chi connectivity index (χ0n) is 9.99. The molecule has 1 atom stereocenters. The first-order valence-corrected chi connectivity index (χ1v) is 6.44. The first-order valence-electron chi connectivity index (χ1n) is 6.44. The highest BCUT2D eigenvalue weighted by Crippen LogP contribution is 2.14. The highest BCUT2D eigenvalue weighted by atomic mass is 15.1. The van der Waals surface area contributed by atoms with Crippen LogP contribution in [-0.4, -0.2) is 49.1 Å². The molecule has 0 aromatic carbocycles. The SMILES string of the molecule is CC1CCN(CC=CCN2CCCC2)C1. The van der Waals surface area contributed by atoms with Gasteiger partial charge in [-0.25, -0.2) is 0 Å². The lowest BCUT2D eigenvalue weighted by Crippen LogP contribution is -2.21. The summed E-state index contributed by atoms with van der Waals surface area (Å²) in [6.45, 7) is 9.91. The Hall–Kier alpha value is -0.340. The molecule has 15 heavy (non-hydrogen) atoms. The fourth-order valence-corrected chi connectivity index (χ4v) is 2.60. The van der Waals surface area contributed by atoms with Gasteiger partial charge in [0, 0.05) is 19.6 Å². The van der Waals surface area contributed by atoms with E-state index in [2.05, 4.69) is 28.9 Å². The van der Waals surface area contributed by atoms with E-state index in [0.29, 0.717) is 0 Å². The topological polar surface area (TPSA) is 6.48 Å². The van der Waals surface area contributed by atoms with Gasteiger partial charge in [-0.3, -0.25) is 9.80 Å². The zero-order chi connectivity index (χ0) is 10.5. The highest BCUT2D eigenvalue weighted by Gasteiger charge is 2.16. The molecule has 2 heteroatoms. The van der Waals surface area contributed by atoms with E-state index in [-0.39, 0.29) is 0 Å². The van der Waals surface area contributed by atoms with Gasteiger partial charge in [0.05, 0.1) is 0 Å². The predicted molar refractivity (Wildman–Crippen MR) is 65.0 cm³/mol. The average Bonchev–Trinajstić information content (AvgIpc) is 2.84. The molecule has 0 aromatic rings. The summed E-state index contributed by atoms with van der Waals surface area (Å²) >= 11 is 0. The van der Waals surface area contributed by atoms with E-state index in [1.54, 1.807) is 0 Å². The van der Waals surface area contributed by atoms with Crippen LogP contribution in [0.3, 0.4) is 0 Å². The van der Waals surface area contributed by atoms with Crippen molar-refractivity contribution in [3.63, 3.8) is 0 Å². The molecule has 2 rings (SSSR count). The van der Waals surface area contributed by atoms with Crippen LogP contribution < -0.4 is 0 Å². The normalized spacial score (nSPS) is 29.5. The summed E-state index contributed by atoms with van der Waals surface area (Å²) in [5.41, 5.74) is 0. The maximum Gasteiger partial charge on any atom is 0.0163 e. The molecule has 0 amide bonds. The molecule has 2 aliphatic rings. The molecule has 2 fully saturated rings. The standard InChI is InChI=1S/C13H24N2/c1-13-6-11-15(12-13)10-5-4-9-14-7-2-3-8-14/h4-5,13H,2-3,6-12H2,1H3. The summed E-state index contributed by atoms with van der Waals surface area (Å²) in [6.07, 6.45) is 8.90. The number of rotatable bonds is 4. The largest absolute Gasteiger partial charge is 0.300 e. The first-order chi connectivity index (χ1) is 7.34. The van der Waals surface area contributed by atoms with Gasteiger partial charge in [0.25, 0.3) is 0 Å². The Morgan fingerprint density at radius 2 is 1.67 bits per heavy atom. The van der Waals surface area contributed by atoms with E-state index in [9.17, 15) is 0 Å². The van der Waals surface area contributed by atoms with Crippen LogP contribution in [0.5, 0.6) is 0 Å². The predicted octanol–water partition coefficient (Wildman–Crippen LogP) is 1.98. The van der Waals surface area contributed by atoms with Crippen molar-refractivity contribution in [1.82, 2.24) is 9.80 Å². The Kier molecular flexibility index (Phi) is 4.21. The summed E-state index contributed by atoms with van der Waals surface area (Å²) in [7, 11) is 0. The van der Waals surface area contributed by atoms with Gasteiger partial charge in [-0.05, 0) is 44.8 Å². The van der Waals surface area contributed by atoms with Crippen molar-refractivity contribution in [3.05, 3.63) is 12.2 Å². The monoisotopic (exact) mass is 208 g/mol. The summed E-state index contributed by atoms with van der Waals surface area (Å²) in [5, 5.41) is 0. The lowest BCUT2D eigenvalue weighted by atomic mass is 10.2. The fourth-order valence-electron chi connectivity index (χ4n) is 2.60. The van der Waals surface area contributed by atoms with E-state index in [1.165, 1.54) is 52.0 Å². The minimum Gasteiger partial charge on any atom is -0.300 e. The van der Waals surface area contributed by atoms with Crippen molar-refractivity contribution < 1.29 is 0 Å². The maximum absolute atomic E-state index is 2.56. The van der Waals surface area contributed by atoms with E-state index < -0.39 is 0 Å². The van der Waals surface area contributed by atoms with Gasteiger partial charge in [0.1, 0.15) is 0 Å². The van der Waals surface area contributed by atoms with Gasteiger partial charge in [-0.15, -0.1) is 0 Å². The van der Waals surface area contributed by atoms with E-state index in [4.69, 9.17) is 0 Å². The van der Waals surface area contributed by atoms with Gasteiger partial charge >= 0.3 is 0 Å². The molecule has 0 aromatic heterocycles. The number of hydrogen-bond acceptors (Lipinski definition) is 2. The van der Waals surface area contributed by atoms with Crippen LogP contribution >= 0.6 is 0 Å². The maximum atomic E-state index is 2.56. The zero-order valence-corrected chi connectivity index (χ0v) is 9.99. The summed E-state index contributed by atoms with van der Waals surface area (Å²) in [5.74, 6) is 0.914. The number of nitrogens with zero attached hydrogens (tertiary/aromatic N) is 2. The Morgan fingerprint density at radius 1 is 1.00 bits per heavy atom. The van der Waals surface area contributed by atoms with Crippen LogP contribution in [-0.2, 0) is 0 Å². The minimum absolute atomic E-state index is 0.914. The molecule has 0 bridgehead atoms. The van der Waals surface area contributed by atoms with E-state index in [0.717, 1.165) is 12.5 Å². The van der Waals surface area contributed by atoms with Gasteiger partial charge < -0.3 is 0 Å². The van der Waals surface area contributed by atoms with Crippen molar-refractivity contribution in [1.29, 1.82) is 0 Å². The molecule has 1 unspecified atom stereocenters. The van der Waals surface area contributed by atoms with Crippen molar-refractivity contribution in [2.24, 2.45) is 5.92 Å². The Labute approximate surface area is 93.9 Å². The molecular weight excluding hydrogens is 184 g/mol. The van der Waals surface area contributed by atoms with Crippen LogP contribution in [0.2, 0.25) is 0 Å². The van der Waals surface area contributed by atoms with Crippen LogP contribution in [0.25, 0.3) is 0 Å². The Balaban J connectivity index is 1.58. The van der Waals surface area contributed by atoms with Crippen LogP contribution in [0, 0.1) is 5.92 Å². The first kappa shape index (κ1) is 11.2. The van der Waals surface area contributed by atoms with E-state index >= 15 is 0 Å². The second-order valence-corrected chi connectivity index (χ2v) is 5.13. The second-order valence-electron chi connectivity index (χ2n) is 5.13. The molecule has 2 heterocycles. The van der Waals surface area contributed by atoms with Crippen molar-refractivity contribution in [2.75, 3.05) is 39.3 Å². The summed E-state index contributed by atoms with van der Waals surface area (Å²) in [4.78, 5) is 5.11. The molecule has 2 aliphatic heterocycles. The summed E-state index contributed by atoms with van der Waals surface area (Å²) < 4.78 is 0. The van der Waals surface area contributed by atoms with Crippen LogP contribution in [0.15, 0.2) is 12.2 Å². The van der Waals surface area contributed by atoms with Crippen LogP contribution in [0.1, 0.15) is 26.2 Å². The molecular formula is C13H24N2.